The predicted molar refractivity (Wildman–Crippen MR) is 107 cm³/mol. The predicted octanol–water partition coefficient (Wildman–Crippen LogP) is 3.52. The first-order chi connectivity index (χ1) is 16.1. The van der Waals surface area contributed by atoms with Gasteiger partial charge >= 0.3 is 24.3 Å². The average Bonchev–Trinajstić information content (AvgIpc) is 2.77. The van der Waals surface area contributed by atoms with Crippen molar-refractivity contribution in [1.29, 1.82) is 0 Å². The normalized spacial score (nSPS) is 14.2. The number of carbonyl (C=O) groups is 2. The molecule has 0 bridgehead atoms. The van der Waals surface area contributed by atoms with E-state index >= 15 is 0 Å². The molecule has 0 saturated carbocycles. The highest BCUT2D eigenvalue weighted by Gasteiger charge is 2.38. The van der Waals surface area contributed by atoms with Crippen molar-refractivity contribution in [3.8, 4) is 5.75 Å². The standard InChI is InChI=1S/C16H18FN3O.2C2HF3O2/c17-14-1-2-16(21)13(11-14)12-19-7-9-20(10-8-19)15-3-5-18-6-4-15;2*3-2(4,5)1(6)7/h1-6,11,21H,7-10,12H2;2*(H,6,7). The smallest absolute Gasteiger partial charge is 0.490 e. The van der Waals surface area contributed by atoms with Crippen LogP contribution in [0.1, 0.15) is 5.56 Å². The third-order valence-corrected chi connectivity index (χ3v) is 4.32. The first-order valence-electron chi connectivity index (χ1n) is 9.56. The van der Waals surface area contributed by atoms with Crippen molar-refractivity contribution in [1.82, 2.24) is 9.88 Å². The lowest BCUT2D eigenvalue weighted by Gasteiger charge is -2.36. The molecule has 0 aliphatic carbocycles. The number of phenols is 1. The number of carboxylic acids is 2. The summed E-state index contributed by atoms with van der Waals surface area (Å²) in [6.45, 7) is 4.19. The molecule has 3 N–H and O–H groups in total. The summed E-state index contributed by atoms with van der Waals surface area (Å²) in [5, 5.41) is 24.0. The average molecular weight is 515 g/mol. The Hall–Kier alpha value is -3.62. The zero-order valence-electron chi connectivity index (χ0n) is 17.7. The summed E-state index contributed by atoms with van der Waals surface area (Å²) in [5.74, 6) is -5.66. The molecular formula is C20H20F7N3O5. The lowest BCUT2D eigenvalue weighted by atomic mass is 10.1. The van der Waals surface area contributed by atoms with Crippen molar-refractivity contribution in [3.05, 3.63) is 54.1 Å². The van der Waals surface area contributed by atoms with Crippen molar-refractivity contribution in [2.24, 2.45) is 0 Å². The lowest BCUT2D eigenvalue weighted by Crippen LogP contribution is -2.45. The van der Waals surface area contributed by atoms with Gasteiger partial charge in [0.2, 0.25) is 0 Å². The minimum atomic E-state index is -5.08. The number of aromatic hydroxyl groups is 1. The number of pyridine rings is 1. The van der Waals surface area contributed by atoms with Gasteiger partial charge in [-0.3, -0.25) is 9.88 Å². The van der Waals surface area contributed by atoms with Crippen LogP contribution in [0.15, 0.2) is 42.7 Å². The molecule has 194 valence electrons. The van der Waals surface area contributed by atoms with E-state index in [-0.39, 0.29) is 11.6 Å². The number of halogens is 7. The second kappa shape index (κ2) is 12.7. The Kier molecular flexibility index (Phi) is 10.7. The largest absolute Gasteiger partial charge is 0.508 e. The number of rotatable bonds is 3. The summed E-state index contributed by atoms with van der Waals surface area (Å²) >= 11 is 0. The molecule has 1 aliphatic rings. The molecule has 2 aromatic rings. The van der Waals surface area contributed by atoms with Gasteiger partial charge in [0, 0.05) is 56.4 Å². The molecule has 1 aromatic carbocycles. The van der Waals surface area contributed by atoms with Crippen LogP contribution >= 0.6 is 0 Å². The van der Waals surface area contributed by atoms with Crippen molar-refractivity contribution in [2.75, 3.05) is 31.1 Å². The van der Waals surface area contributed by atoms with E-state index in [2.05, 4.69) is 14.8 Å². The number of piperazine rings is 1. The van der Waals surface area contributed by atoms with Gasteiger partial charge < -0.3 is 20.2 Å². The van der Waals surface area contributed by atoms with Gasteiger partial charge in [0.25, 0.3) is 0 Å². The Labute approximate surface area is 193 Å². The molecule has 8 nitrogen and oxygen atoms in total. The molecule has 2 heterocycles. The number of hydrogen-bond acceptors (Lipinski definition) is 6. The molecule has 3 rings (SSSR count). The number of aromatic nitrogens is 1. The Morgan fingerprint density at radius 1 is 0.857 bits per heavy atom. The van der Waals surface area contributed by atoms with Crippen LogP contribution in [0, 0.1) is 5.82 Å². The highest BCUT2D eigenvalue weighted by Crippen LogP contribution is 2.21. The fraction of sp³-hybridized carbons (Fsp3) is 0.350. The number of carboxylic acid groups (broad SMARTS) is 2. The van der Waals surface area contributed by atoms with Gasteiger partial charge in [-0.1, -0.05) is 0 Å². The highest BCUT2D eigenvalue weighted by molar-refractivity contribution is 5.73. The molecule has 1 aliphatic heterocycles. The third-order valence-electron chi connectivity index (χ3n) is 4.32. The molecule has 0 amide bonds. The second-order valence-corrected chi connectivity index (χ2v) is 6.85. The fourth-order valence-electron chi connectivity index (χ4n) is 2.64. The van der Waals surface area contributed by atoms with Crippen molar-refractivity contribution < 1.29 is 55.6 Å². The first kappa shape index (κ1) is 29.4. The van der Waals surface area contributed by atoms with Crippen LogP contribution in [0.2, 0.25) is 0 Å². The van der Waals surface area contributed by atoms with Crippen LogP contribution in [0.25, 0.3) is 0 Å². The highest BCUT2D eigenvalue weighted by atomic mass is 19.4. The van der Waals surface area contributed by atoms with E-state index in [1.54, 1.807) is 12.4 Å². The lowest BCUT2D eigenvalue weighted by molar-refractivity contribution is -0.193. The molecule has 1 aromatic heterocycles. The topological polar surface area (TPSA) is 114 Å². The van der Waals surface area contributed by atoms with Gasteiger partial charge in [-0.25, -0.2) is 14.0 Å². The first-order valence-corrected chi connectivity index (χ1v) is 9.56. The van der Waals surface area contributed by atoms with Gasteiger partial charge in [0.15, 0.2) is 0 Å². The zero-order valence-corrected chi connectivity index (χ0v) is 17.7. The number of hydrogen-bond donors (Lipinski definition) is 3. The van der Waals surface area contributed by atoms with E-state index in [4.69, 9.17) is 19.8 Å². The van der Waals surface area contributed by atoms with Crippen molar-refractivity contribution in [3.63, 3.8) is 0 Å². The van der Waals surface area contributed by atoms with Gasteiger partial charge in [0.1, 0.15) is 11.6 Å². The molecule has 0 atom stereocenters. The SMILES string of the molecule is O=C(O)C(F)(F)F.O=C(O)C(F)(F)F.Oc1ccc(F)cc1CN1CCN(c2ccncc2)CC1. The number of alkyl halides is 6. The van der Waals surface area contributed by atoms with Crippen molar-refractivity contribution in [2.45, 2.75) is 18.9 Å². The number of anilines is 1. The summed E-state index contributed by atoms with van der Waals surface area (Å²) in [4.78, 5) is 26.4. The van der Waals surface area contributed by atoms with Crippen LogP contribution in [0.3, 0.4) is 0 Å². The van der Waals surface area contributed by atoms with E-state index in [1.165, 1.54) is 23.9 Å². The van der Waals surface area contributed by atoms with Gasteiger partial charge in [-0.05, 0) is 30.3 Å². The van der Waals surface area contributed by atoms with E-state index in [0.717, 1.165) is 26.2 Å². The molecule has 1 fully saturated rings. The maximum Gasteiger partial charge on any atom is 0.490 e. The molecule has 0 unspecified atom stereocenters. The fourth-order valence-corrected chi connectivity index (χ4v) is 2.64. The van der Waals surface area contributed by atoms with E-state index in [1.807, 2.05) is 12.1 Å². The van der Waals surface area contributed by atoms with E-state index < -0.39 is 24.3 Å². The second-order valence-electron chi connectivity index (χ2n) is 6.85. The van der Waals surface area contributed by atoms with E-state index in [9.17, 15) is 35.8 Å². The molecule has 0 radical (unpaired) electrons. The summed E-state index contributed by atoms with van der Waals surface area (Å²) < 4.78 is 76.7. The van der Waals surface area contributed by atoms with Crippen LogP contribution < -0.4 is 4.90 Å². The van der Waals surface area contributed by atoms with Crippen LogP contribution in [0.5, 0.6) is 5.75 Å². The van der Waals surface area contributed by atoms with Gasteiger partial charge in [-0.2, -0.15) is 26.3 Å². The Bertz CT molecular complexity index is 940. The molecule has 35 heavy (non-hydrogen) atoms. The molecule has 15 heteroatoms. The molecule has 1 saturated heterocycles. The number of phenolic OH excluding ortho intramolecular Hbond substituents is 1. The van der Waals surface area contributed by atoms with Crippen molar-refractivity contribution >= 4 is 17.6 Å². The Morgan fingerprint density at radius 3 is 1.74 bits per heavy atom. The van der Waals surface area contributed by atoms with Crippen LogP contribution in [-0.2, 0) is 16.1 Å². The minimum Gasteiger partial charge on any atom is -0.508 e. The quantitative estimate of drug-likeness (QED) is 0.533. The maximum absolute atomic E-state index is 13.2. The minimum absolute atomic E-state index is 0.160. The number of benzene rings is 1. The zero-order chi connectivity index (χ0) is 26.8. The number of nitrogens with zero attached hydrogens (tertiary/aromatic N) is 3. The maximum atomic E-state index is 13.2. The summed E-state index contributed by atoms with van der Waals surface area (Å²) in [6.07, 6.45) is -6.57. The summed E-state index contributed by atoms with van der Waals surface area (Å²) in [7, 11) is 0. The Balaban J connectivity index is 0.000000362. The molecular weight excluding hydrogens is 495 g/mol. The third kappa shape index (κ3) is 10.9. The number of aliphatic carboxylic acids is 2. The van der Waals surface area contributed by atoms with Gasteiger partial charge in [-0.15, -0.1) is 0 Å². The summed E-state index contributed by atoms with van der Waals surface area (Å²) in [6, 6.07) is 8.12. The summed E-state index contributed by atoms with van der Waals surface area (Å²) in [5.41, 5.74) is 1.82. The Morgan fingerprint density at radius 2 is 1.31 bits per heavy atom. The monoisotopic (exact) mass is 515 g/mol. The van der Waals surface area contributed by atoms with Gasteiger partial charge in [0.05, 0.1) is 0 Å². The molecule has 0 spiro atoms. The van der Waals surface area contributed by atoms with Crippen LogP contribution in [-0.4, -0.2) is 75.7 Å². The van der Waals surface area contributed by atoms with Crippen LogP contribution in [0.4, 0.5) is 36.4 Å². The van der Waals surface area contributed by atoms with E-state index in [0.29, 0.717) is 12.1 Å².